The zero-order chi connectivity index (χ0) is 14.8. The highest BCUT2D eigenvalue weighted by molar-refractivity contribution is 5.53. The molecule has 1 fully saturated rings. The van der Waals surface area contributed by atoms with Gasteiger partial charge in [-0.3, -0.25) is 14.8 Å². The summed E-state index contributed by atoms with van der Waals surface area (Å²) in [5.41, 5.74) is 1.26. The highest BCUT2D eigenvalue weighted by Crippen LogP contribution is 2.15. The fraction of sp³-hybridized carbons (Fsp3) is 0.500. The van der Waals surface area contributed by atoms with Gasteiger partial charge in [0.25, 0.3) is 5.56 Å². The molecule has 0 saturated carbocycles. The topological polar surface area (TPSA) is 86.4 Å². The first-order valence-electron chi connectivity index (χ1n) is 7.05. The number of likely N-dealkylation sites (tertiary alicyclic amines) is 1. The monoisotopic (exact) mass is 287 g/mol. The Morgan fingerprint density at radius 3 is 3.24 bits per heavy atom. The second-order valence-electron chi connectivity index (χ2n) is 5.14. The average molecular weight is 287 g/mol. The zero-order valence-electron chi connectivity index (χ0n) is 11.9. The number of nitrogens with one attached hydrogen (secondary N) is 1. The molecule has 3 rings (SSSR count). The van der Waals surface area contributed by atoms with Gasteiger partial charge in [0.15, 0.2) is 5.65 Å². The quantitative estimate of drug-likeness (QED) is 0.885. The Balaban J connectivity index is 1.82. The Hall–Kier alpha value is -2.17. The molecule has 1 aliphatic heterocycles. The second kappa shape index (κ2) is 5.68. The zero-order valence-corrected chi connectivity index (χ0v) is 11.9. The molecule has 110 valence electrons. The number of ether oxygens (including phenoxy) is 1. The fourth-order valence-corrected chi connectivity index (χ4v) is 2.73. The van der Waals surface area contributed by atoms with Crippen LogP contribution in [0.3, 0.4) is 0 Å². The molecular weight excluding hydrogens is 270 g/mol. The summed E-state index contributed by atoms with van der Waals surface area (Å²) in [7, 11) is 0. The van der Waals surface area contributed by atoms with E-state index >= 15 is 0 Å². The van der Waals surface area contributed by atoms with Gasteiger partial charge in [0.05, 0.1) is 11.8 Å². The van der Waals surface area contributed by atoms with Crippen LogP contribution in [0.2, 0.25) is 0 Å². The predicted molar refractivity (Wildman–Crippen MR) is 75.8 cm³/mol. The minimum Gasteiger partial charge on any atom is -0.377 e. The van der Waals surface area contributed by atoms with Crippen molar-refractivity contribution >= 4 is 5.65 Å². The van der Waals surface area contributed by atoms with E-state index in [0.717, 1.165) is 26.1 Å². The fourth-order valence-electron chi connectivity index (χ4n) is 2.73. The van der Waals surface area contributed by atoms with Crippen LogP contribution in [0.25, 0.3) is 5.65 Å². The number of hydrogen-bond acceptors (Lipinski definition) is 5. The summed E-state index contributed by atoms with van der Waals surface area (Å²) in [4.78, 5) is 18.7. The Labute approximate surface area is 121 Å². The highest BCUT2D eigenvalue weighted by Gasteiger charge is 2.23. The van der Waals surface area contributed by atoms with E-state index in [-0.39, 0.29) is 11.7 Å². The van der Waals surface area contributed by atoms with Crippen LogP contribution >= 0.6 is 0 Å². The Kier molecular flexibility index (Phi) is 3.73. The van der Waals surface area contributed by atoms with Crippen molar-refractivity contribution in [1.29, 1.82) is 5.26 Å². The number of rotatable bonds is 4. The number of fused-ring (bicyclic) bond motifs is 1. The molecule has 7 heteroatoms. The molecular formula is C14H17N5O2. The Morgan fingerprint density at radius 1 is 1.62 bits per heavy atom. The molecule has 0 aromatic carbocycles. The number of H-pyrrole nitrogens is 1. The third kappa shape index (κ3) is 2.68. The maximum Gasteiger partial charge on any atom is 0.272 e. The molecule has 1 N–H and O–H groups in total. The van der Waals surface area contributed by atoms with E-state index in [4.69, 9.17) is 10.00 Å². The van der Waals surface area contributed by atoms with Crippen molar-refractivity contribution in [3.8, 4) is 6.07 Å². The van der Waals surface area contributed by atoms with E-state index in [0.29, 0.717) is 23.4 Å². The van der Waals surface area contributed by atoms with Gasteiger partial charge in [-0.25, -0.2) is 9.50 Å². The van der Waals surface area contributed by atoms with Crippen LogP contribution in [0.4, 0.5) is 0 Å². The SMILES string of the molecule is CCO[C@H]1CCN(Cc2cc(=O)n3[nH]cc(C#N)c3n2)C1. The van der Waals surface area contributed by atoms with Crippen molar-refractivity contribution in [2.75, 3.05) is 19.7 Å². The molecule has 7 nitrogen and oxygen atoms in total. The van der Waals surface area contributed by atoms with Crippen LogP contribution in [0, 0.1) is 11.3 Å². The molecule has 21 heavy (non-hydrogen) atoms. The van der Waals surface area contributed by atoms with Crippen LogP contribution < -0.4 is 5.56 Å². The molecule has 0 bridgehead atoms. The van der Waals surface area contributed by atoms with Gasteiger partial charge >= 0.3 is 0 Å². The summed E-state index contributed by atoms with van der Waals surface area (Å²) >= 11 is 0. The van der Waals surface area contributed by atoms with Gasteiger partial charge in [-0.1, -0.05) is 0 Å². The average Bonchev–Trinajstić information content (AvgIpc) is 3.06. The lowest BCUT2D eigenvalue weighted by atomic mass is 10.3. The van der Waals surface area contributed by atoms with Crippen molar-refractivity contribution in [1.82, 2.24) is 19.5 Å². The van der Waals surface area contributed by atoms with Gasteiger partial charge in [0.1, 0.15) is 11.6 Å². The summed E-state index contributed by atoms with van der Waals surface area (Å²) < 4.78 is 6.90. The summed E-state index contributed by atoms with van der Waals surface area (Å²) in [5.74, 6) is 0. The van der Waals surface area contributed by atoms with Crippen molar-refractivity contribution in [3.05, 3.63) is 33.9 Å². The van der Waals surface area contributed by atoms with E-state index in [1.807, 2.05) is 13.0 Å². The molecule has 0 spiro atoms. The second-order valence-corrected chi connectivity index (χ2v) is 5.14. The standard InChI is InChI=1S/C14H17N5O2/c1-2-21-12-3-4-18(9-12)8-11-5-13(20)19-14(17-11)10(6-15)7-16-19/h5,7,12,16H,2-4,8-9H2,1H3/t12-/m0/s1. The molecule has 1 atom stereocenters. The minimum absolute atomic E-state index is 0.197. The number of hydrogen-bond donors (Lipinski definition) is 1. The van der Waals surface area contributed by atoms with Gasteiger partial charge in [-0.15, -0.1) is 0 Å². The largest absolute Gasteiger partial charge is 0.377 e. The number of nitriles is 1. The normalized spacial score (nSPS) is 19.1. The third-order valence-electron chi connectivity index (χ3n) is 3.69. The molecule has 2 aromatic heterocycles. The van der Waals surface area contributed by atoms with Gasteiger partial charge in [-0.2, -0.15) is 5.26 Å². The van der Waals surface area contributed by atoms with Crippen LogP contribution in [0.1, 0.15) is 24.6 Å². The molecule has 0 radical (unpaired) electrons. The summed E-state index contributed by atoms with van der Waals surface area (Å²) in [6, 6.07) is 3.55. The number of aromatic amines is 1. The first-order chi connectivity index (χ1) is 10.2. The Morgan fingerprint density at radius 2 is 2.48 bits per heavy atom. The molecule has 1 saturated heterocycles. The lowest BCUT2D eigenvalue weighted by Crippen LogP contribution is -2.25. The lowest BCUT2D eigenvalue weighted by Gasteiger charge is -2.15. The van der Waals surface area contributed by atoms with E-state index < -0.39 is 0 Å². The van der Waals surface area contributed by atoms with Crippen molar-refractivity contribution < 1.29 is 4.74 Å². The smallest absolute Gasteiger partial charge is 0.272 e. The van der Waals surface area contributed by atoms with Crippen molar-refractivity contribution in [3.63, 3.8) is 0 Å². The van der Waals surface area contributed by atoms with Crippen LogP contribution in [-0.4, -0.2) is 45.3 Å². The maximum absolute atomic E-state index is 12.0. The highest BCUT2D eigenvalue weighted by atomic mass is 16.5. The lowest BCUT2D eigenvalue weighted by molar-refractivity contribution is 0.0682. The van der Waals surface area contributed by atoms with E-state index in [1.165, 1.54) is 16.8 Å². The molecule has 0 unspecified atom stereocenters. The molecule has 1 aliphatic rings. The third-order valence-corrected chi connectivity index (χ3v) is 3.69. The molecule has 2 aromatic rings. The van der Waals surface area contributed by atoms with Crippen LogP contribution in [0.15, 0.2) is 17.1 Å². The molecule has 3 heterocycles. The maximum atomic E-state index is 12.0. The Bertz CT molecular complexity index is 742. The van der Waals surface area contributed by atoms with Crippen LogP contribution in [-0.2, 0) is 11.3 Å². The van der Waals surface area contributed by atoms with Crippen molar-refractivity contribution in [2.45, 2.75) is 26.0 Å². The van der Waals surface area contributed by atoms with E-state index in [2.05, 4.69) is 15.0 Å². The van der Waals surface area contributed by atoms with Crippen LogP contribution in [0.5, 0.6) is 0 Å². The van der Waals surface area contributed by atoms with Gasteiger partial charge < -0.3 is 4.74 Å². The summed E-state index contributed by atoms with van der Waals surface area (Å²) in [5, 5.41) is 11.8. The van der Waals surface area contributed by atoms with Gasteiger partial charge in [0.2, 0.25) is 0 Å². The van der Waals surface area contributed by atoms with Gasteiger partial charge in [0, 0.05) is 38.5 Å². The predicted octanol–water partition coefficient (Wildman–Crippen LogP) is 0.505. The van der Waals surface area contributed by atoms with E-state index in [1.54, 1.807) is 0 Å². The van der Waals surface area contributed by atoms with E-state index in [9.17, 15) is 4.79 Å². The summed E-state index contributed by atoms with van der Waals surface area (Å²) in [6.45, 7) is 5.11. The first kappa shape index (κ1) is 13.8. The number of aromatic nitrogens is 3. The number of nitrogens with zero attached hydrogens (tertiary/aromatic N) is 4. The van der Waals surface area contributed by atoms with Crippen molar-refractivity contribution in [2.24, 2.45) is 0 Å². The van der Waals surface area contributed by atoms with Gasteiger partial charge in [-0.05, 0) is 13.3 Å². The summed E-state index contributed by atoms with van der Waals surface area (Å²) in [6.07, 6.45) is 2.76. The minimum atomic E-state index is -0.197. The molecule has 0 amide bonds. The first-order valence-corrected chi connectivity index (χ1v) is 7.05. The molecule has 0 aliphatic carbocycles.